The third kappa shape index (κ3) is 9.47. The minimum absolute atomic E-state index is 0. The zero-order valence-corrected chi connectivity index (χ0v) is 21.9. The second-order valence-electron chi connectivity index (χ2n) is 7.98. The van der Waals surface area contributed by atoms with E-state index in [4.69, 9.17) is 4.74 Å². The Morgan fingerprint density at radius 2 is 1.94 bits per heavy atom. The van der Waals surface area contributed by atoms with Crippen LogP contribution in [0, 0.1) is 0 Å². The summed E-state index contributed by atoms with van der Waals surface area (Å²) in [5, 5.41) is 8.95. The highest BCUT2D eigenvalue weighted by atomic mass is 127. The van der Waals surface area contributed by atoms with Gasteiger partial charge in [0.15, 0.2) is 5.96 Å². The Kier molecular flexibility index (Phi) is 12.5. The number of guanidine groups is 1. The molecule has 31 heavy (non-hydrogen) atoms. The average Bonchev–Trinajstić information content (AvgIpc) is 3.32. The van der Waals surface area contributed by atoms with Crippen molar-refractivity contribution >= 4 is 41.3 Å². The first-order chi connectivity index (χ1) is 14.7. The lowest BCUT2D eigenvalue weighted by molar-refractivity contribution is 0.00534. The van der Waals surface area contributed by atoms with E-state index in [1.807, 2.05) is 18.4 Å². The van der Waals surface area contributed by atoms with Crippen molar-refractivity contribution < 1.29 is 4.74 Å². The molecule has 1 aliphatic heterocycles. The number of aliphatic imine (C=N–C) groups is 1. The number of hydrogen-bond donors (Lipinski definition) is 2. The van der Waals surface area contributed by atoms with Crippen molar-refractivity contribution in [3.8, 4) is 0 Å². The third-order valence-electron chi connectivity index (χ3n) is 5.58. The van der Waals surface area contributed by atoms with Gasteiger partial charge in [-0.2, -0.15) is 0 Å². The van der Waals surface area contributed by atoms with E-state index >= 15 is 0 Å². The Bertz CT molecular complexity index is 733. The van der Waals surface area contributed by atoms with Crippen molar-refractivity contribution in [3.63, 3.8) is 0 Å². The second kappa shape index (κ2) is 14.8. The minimum Gasteiger partial charge on any atom is -0.378 e. The van der Waals surface area contributed by atoms with Crippen LogP contribution in [0.5, 0.6) is 0 Å². The van der Waals surface area contributed by atoms with Crippen molar-refractivity contribution in [2.24, 2.45) is 4.99 Å². The van der Waals surface area contributed by atoms with Gasteiger partial charge in [0.2, 0.25) is 0 Å². The number of nitrogens with zero attached hydrogens (tertiary/aromatic N) is 2. The SMILES string of the molecule is CN=C(NCCCOC1CCN(Cc2ccccc2)CC1)NCC(C)c1cccs1.I. The van der Waals surface area contributed by atoms with Gasteiger partial charge >= 0.3 is 0 Å². The fourth-order valence-corrected chi connectivity index (χ4v) is 4.53. The molecule has 0 radical (unpaired) electrons. The Hall–Kier alpha value is -1.16. The largest absolute Gasteiger partial charge is 0.378 e. The number of thiophene rings is 1. The van der Waals surface area contributed by atoms with Crippen LogP contribution in [0.4, 0.5) is 0 Å². The summed E-state index contributed by atoms with van der Waals surface area (Å²) in [5.74, 6) is 1.35. The number of halogens is 1. The molecule has 2 heterocycles. The highest BCUT2D eigenvalue weighted by Gasteiger charge is 2.19. The zero-order chi connectivity index (χ0) is 21.0. The van der Waals surface area contributed by atoms with Crippen LogP contribution in [0.3, 0.4) is 0 Å². The molecule has 1 aromatic carbocycles. The van der Waals surface area contributed by atoms with Gasteiger partial charge in [-0.05, 0) is 36.3 Å². The molecule has 3 rings (SSSR count). The molecule has 0 spiro atoms. The molecule has 1 unspecified atom stereocenters. The lowest BCUT2D eigenvalue weighted by Crippen LogP contribution is -2.40. The van der Waals surface area contributed by atoms with Crippen molar-refractivity contribution in [3.05, 3.63) is 58.3 Å². The summed E-state index contributed by atoms with van der Waals surface area (Å²) in [5.41, 5.74) is 1.40. The van der Waals surface area contributed by atoms with Gasteiger partial charge in [-0.3, -0.25) is 9.89 Å². The van der Waals surface area contributed by atoms with Gasteiger partial charge in [-0.25, -0.2) is 0 Å². The number of ether oxygens (including phenoxy) is 1. The number of piperidine rings is 1. The van der Waals surface area contributed by atoms with Crippen molar-refractivity contribution in [2.75, 3.05) is 39.8 Å². The van der Waals surface area contributed by atoms with E-state index in [1.54, 1.807) is 0 Å². The summed E-state index contributed by atoms with van der Waals surface area (Å²) < 4.78 is 6.12. The van der Waals surface area contributed by atoms with Crippen molar-refractivity contribution in [1.82, 2.24) is 15.5 Å². The first-order valence-electron chi connectivity index (χ1n) is 11.1. The van der Waals surface area contributed by atoms with E-state index in [-0.39, 0.29) is 24.0 Å². The topological polar surface area (TPSA) is 48.9 Å². The Morgan fingerprint density at radius 1 is 1.16 bits per heavy atom. The standard InChI is InChI=1S/C24H36N4OS.HI/c1-20(23-10-6-17-30-23)18-27-24(25-2)26-13-7-16-29-22-11-14-28(15-12-22)19-21-8-4-3-5-9-21;/h3-6,8-10,17,20,22H,7,11-16,18-19H2,1-2H3,(H2,25,26,27);1H. The average molecular weight is 557 g/mol. The van der Waals surface area contributed by atoms with Gasteiger partial charge in [0.25, 0.3) is 0 Å². The van der Waals surface area contributed by atoms with E-state index in [0.29, 0.717) is 12.0 Å². The molecule has 1 aliphatic rings. The highest BCUT2D eigenvalue weighted by Crippen LogP contribution is 2.19. The molecule has 0 saturated carbocycles. The third-order valence-corrected chi connectivity index (χ3v) is 6.68. The second-order valence-corrected chi connectivity index (χ2v) is 8.96. The summed E-state index contributed by atoms with van der Waals surface area (Å²) in [4.78, 5) is 8.26. The molecule has 0 amide bonds. The molecular weight excluding hydrogens is 519 g/mol. The molecule has 5 nitrogen and oxygen atoms in total. The quantitative estimate of drug-likeness (QED) is 0.193. The predicted octanol–water partition coefficient (Wildman–Crippen LogP) is 4.71. The van der Waals surface area contributed by atoms with Gasteiger partial charge < -0.3 is 15.4 Å². The molecule has 1 atom stereocenters. The summed E-state index contributed by atoms with van der Waals surface area (Å²) in [7, 11) is 1.82. The smallest absolute Gasteiger partial charge is 0.190 e. The summed E-state index contributed by atoms with van der Waals surface area (Å²) >= 11 is 1.81. The molecular formula is C24H37IN4OS. The van der Waals surface area contributed by atoms with Crippen LogP contribution in [0.2, 0.25) is 0 Å². The van der Waals surface area contributed by atoms with E-state index in [9.17, 15) is 0 Å². The lowest BCUT2D eigenvalue weighted by atomic mass is 10.1. The van der Waals surface area contributed by atoms with Crippen LogP contribution in [-0.2, 0) is 11.3 Å². The molecule has 172 valence electrons. The fraction of sp³-hybridized carbons (Fsp3) is 0.542. The van der Waals surface area contributed by atoms with Crippen LogP contribution in [-0.4, -0.2) is 56.8 Å². The van der Waals surface area contributed by atoms with Gasteiger partial charge in [0.05, 0.1) is 6.10 Å². The van der Waals surface area contributed by atoms with E-state index in [0.717, 1.165) is 64.6 Å². The highest BCUT2D eigenvalue weighted by molar-refractivity contribution is 14.0. The molecule has 1 aromatic heterocycles. The van der Waals surface area contributed by atoms with Crippen LogP contribution in [0.1, 0.15) is 42.5 Å². The van der Waals surface area contributed by atoms with Gasteiger partial charge in [0.1, 0.15) is 0 Å². The Balaban J connectivity index is 0.00000341. The van der Waals surface area contributed by atoms with Crippen molar-refractivity contribution in [2.45, 2.75) is 44.8 Å². The first kappa shape index (κ1) is 26.1. The minimum atomic E-state index is 0. The molecule has 1 saturated heterocycles. The van der Waals surface area contributed by atoms with Crippen LogP contribution >= 0.6 is 35.3 Å². The lowest BCUT2D eigenvalue weighted by Gasteiger charge is -2.32. The monoisotopic (exact) mass is 556 g/mol. The van der Waals surface area contributed by atoms with Crippen LogP contribution in [0.15, 0.2) is 52.8 Å². The maximum absolute atomic E-state index is 6.12. The van der Waals surface area contributed by atoms with E-state index < -0.39 is 0 Å². The van der Waals surface area contributed by atoms with E-state index in [1.165, 1.54) is 10.4 Å². The van der Waals surface area contributed by atoms with E-state index in [2.05, 4.69) is 75.3 Å². The Morgan fingerprint density at radius 3 is 2.61 bits per heavy atom. The summed E-state index contributed by atoms with van der Waals surface area (Å²) in [6, 6.07) is 15.0. The maximum Gasteiger partial charge on any atom is 0.190 e. The Labute approximate surface area is 208 Å². The molecule has 1 fully saturated rings. The van der Waals surface area contributed by atoms with Crippen LogP contribution in [0.25, 0.3) is 0 Å². The number of benzene rings is 1. The molecule has 7 heteroatoms. The summed E-state index contributed by atoms with van der Waals surface area (Å²) in [6.45, 7) is 8.10. The van der Waals surface area contributed by atoms with Crippen LogP contribution < -0.4 is 10.6 Å². The number of rotatable bonds is 10. The summed E-state index contributed by atoms with van der Waals surface area (Å²) in [6.07, 6.45) is 3.65. The van der Waals surface area contributed by atoms with Gasteiger partial charge in [-0.15, -0.1) is 35.3 Å². The van der Waals surface area contributed by atoms with Gasteiger partial charge in [-0.1, -0.05) is 43.3 Å². The zero-order valence-electron chi connectivity index (χ0n) is 18.8. The van der Waals surface area contributed by atoms with Gasteiger partial charge in [0, 0.05) is 57.2 Å². The molecule has 0 bridgehead atoms. The maximum atomic E-state index is 6.12. The normalized spacial score (nSPS) is 16.5. The first-order valence-corrected chi connectivity index (χ1v) is 12.0. The number of likely N-dealkylation sites (tertiary alicyclic amines) is 1. The molecule has 0 aliphatic carbocycles. The predicted molar refractivity (Wildman–Crippen MR) is 143 cm³/mol. The number of hydrogen-bond acceptors (Lipinski definition) is 4. The van der Waals surface area contributed by atoms with Crippen molar-refractivity contribution in [1.29, 1.82) is 0 Å². The molecule has 2 aromatic rings. The number of nitrogens with one attached hydrogen (secondary N) is 2. The fourth-order valence-electron chi connectivity index (χ4n) is 3.75. The molecule has 2 N–H and O–H groups in total.